The zero-order chi connectivity index (χ0) is 12.0. The zero-order valence-electron chi connectivity index (χ0n) is 9.89. The Balaban J connectivity index is 1.59. The van der Waals surface area contributed by atoms with E-state index in [2.05, 4.69) is 4.90 Å². The van der Waals surface area contributed by atoms with Crippen LogP contribution in [0.2, 0.25) is 0 Å². The summed E-state index contributed by atoms with van der Waals surface area (Å²) in [5.74, 6) is -1.09. The lowest BCUT2D eigenvalue weighted by Gasteiger charge is -2.36. The van der Waals surface area contributed by atoms with Crippen molar-refractivity contribution in [3.63, 3.8) is 0 Å². The van der Waals surface area contributed by atoms with Gasteiger partial charge in [0.15, 0.2) is 0 Å². The molecule has 5 nitrogen and oxygen atoms in total. The summed E-state index contributed by atoms with van der Waals surface area (Å²) in [7, 11) is 0. The van der Waals surface area contributed by atoms with Gasteiger partial charge in [0.25, 0.3) is 0 Å². The Hall–Kier alpha value is -1.10. The quantitative estimate of drug-likeness (QED) is 0.711. The first-order valence-electron chi connectivity index (χ1n) is 6.40. The second-order valence-electron chi connectivity index (χ2n) is 5.45. The fourth-order valence-corrected chi connectivity index (χ4v) is 2.68. The van der Waals surface area contributed by atoms with Gasteiger partial charge in [-0.2, -0.15) is 0 Å². The molecule has 1 amide bonds. The highest BCUT2D eigenvalue weighted by Gasteiger charge is 2.58. The van der Waals surface area contributed by atoms with Crippen LogP contribution in [0.4, 0.5) is 0 Å². The smallest absolute Gasteiger partial charge is 0.319 e. The Bertz CT molecular complexity index is 353. The molecule has 1 aliphatic heterocycles. The molecule has 0 spiro atoms. The van der Waals surface area contributed by atoms with Crippen molar-refractivity contribution < 1.29 is 14.7 Å². The van der Waals surface area contributed by atoms with Gasteiger partial charge in [0, 0.05) is 32.2 Å². The molecular weight excluding hydrogens is 220 g/mol. The van der Waals surface area contributed by atoms with Crippen LogP contribution in [0.5, 0.6) is 0 Å². The summed E-state index contributed by atoms with van der Waals surface area (Å²) in [4.78, 5) is 27.4. The molecule has 0 radical (unpaired) electrons. The number of hydrogen-bond donors (Lipinski definition) is 1. The molecule has 3 rings (SSSR count). The van der Waals surface area contributed by atoms with Gasteiger partial charge in [0.1, 0.15) is 5.41 Å². The fourth-order valence-electron chi connectivity index (χ4n) is 2.68. The summed E-state index contributed by atoms with van der Waals surface area (Å²) in [6.07, 6.45) is 3.61. The lowest BCUT2D eigenvalue weighted by molar-refractivity contribution is -0.154. The SMILES string of the molecule is O=C(O)C1(C(=O)N2CCN(C3CC3)CC2)CC1. The Morgan fingerprint density at radius 2 is 1.65 bits per heavy atom. The van der Waals surface area contributed by atoms with Crippen molar-refractivity contribution in [2.75, 3.05) is 26.2 Å². The van der Waals surface area contributed by atoms with Gasteiger partial charge < -0.3 is 10.0 Å². The van der Waals surface area contributed by atoms with Gasteiger partial charge in [-0.1, -0.05) is 0 Å². The number of carboxylic acids is 1. The molecule has 0 aromatic rings. The average molecular weight is 238 g/mol. The molecule has 2 saturated carbocycles. The number of hydrogen-bond acceptors (Lipinski definition) is 3. The summed E-state index contributed by atoms with van der Waals surface area (Å²) in [6, 6.07) is 0.738. The first-order valence-corrected chi connectivity index (χ1v) is 6.40. The van der Waals surface area contributed by atoms with Gasteiger partial charge in [-0.25, -0.2) is 0 Å². The third-order valence-electron chi connectivity index (χ3n) is 4.23. The minimum Gasteiger partial charge on any atom is -0.480 e. The number of rotatable bonds is 3. The molecule has 0 atom stereocenters. The maximum atomic E-state index is 12.1. The molecule has 1 heterocycles. The lowest BCUT2D eigenvalue weighted by Crippen LogP contribution is -2.52. The van der Waals surface area contributed by atoms with Crippen LogP contribution in [-0.2, 0) is 9.59 Å². The second-order valence-corrected chi connectivity index (χ2v) is 5.45. The van der Waals surface area contributed by atoms with Crippen LogP contribution in [0.3, 0.4) is 0 Å². The highest BCUT2D eigenvalue weighted by molar-refractivity contribution is 6.04. The third kappa shape index (κ3) is 1.82. The molecule has 94 valence electrons. The van der Waals surface area contributed by atoms with E-state index < -0.39 is 11.4 Å². The van der Waals surface area contributed by atoms with Crippen molar-refractivity contribution in [1.29, 1.82) is 0 Å². The molecule has 0 aromatic carbocycles. The molecular formula is C12H18N2O3. The summed E-state index contributed by atoms with van der Waals surface area (Å²) >= 11 is 0. The Kier molecular flexibility index (Phi) is 2.40. The van der Waals surface area contributed by atoms with E-state index >= 15 is 0 Å². The predicted molar refractivity (Wildman–Crippen MR) is 60.5 cm³/mol. The number of nitrogens with zero attached hydrogens (tertiary/aromatic N) is 2. The van der Waals surface area contributed by atoms with Crippen LogP contribution >= 0.6 is 0 Å². The van der Waals surface area contributed by atoms with Crippen LogP contribution in [0.15, 0.2) is 0 Å². The van der Waals surface area contributed by atoms with E-state index in [0.717, 1.165) is 19.1 Å². The average Bonchev–Trinajstić information content (AvgIpc) is 3.18. The van der Waals surface area contributed by atoms with E-state index in [1.807, 2.05) is 0 Å². The summed E-state index contributed by atoms with van der Waals surface area (Å²) < 4.78 is 0. The zero-order valence-corrected chi connectivity index (χ0v) is 9.89. The van der Waals surface area contributed by atoms with Crippen LogP contribution in [-0.4, -0.2) is 59.0 Å². The standard InChI is InChI=1S/C12H18N2O3/c15-10(12(3-4-12)11(16)17)14-7-5-13(6-8-14)9-1-2-9/h9H,1-8H2,(H,16,17). The van der Waals surface area contributed by atoms with Gasteiger partial charge in [-0.15, -0.1) is 0 Å². The van der Waals surface area contributed by atoms with E-state index in [4.69, 9.17) is 5.11 Å². The van der Waals surface area contributed by atoms with Crippen molar-refractivity contribution in [2.24, 2.45) is 5.41 Å². The molecule has 0 aromatic heterocycles. The highest BCUT2D eigenvalue weighted by atomic mass is 16.4. The lowest BCUT2D eigenvalue weighted by atomic mass is 10.1. The van der Waals surface area contributed by atoms with Crippen LogP contribution in [0.25, 0.3) is 0 Å². The number of carboxylic acid groups (broad SMARTS) is 1. The largest absolute Gasteiger partial charge is 0.480 e. The molecule has 1 N–H and O–H groups in total. The Morgan fingerprint density at radius 1 is 1.06 bits per heavy atom. The van der Waals surface area contributed by atoms with Crippen molar-refractivity contribution in [1.82, 2.24) is 9.80 Å². The van der Waals surface area contributed by atoms with E-state index in [1.165, 1.54) is 12.8 Å². The molecule has 0 unspecified atom stereocenters. The predicted octanol–water partition coefficient (Wildman–Crippen LogP) is 0.158. The van der Waals surface area contributed by atoms with Crippen LogP contribution in [0, 0.1) is 5.41 Å². The van der Waals surface area contributed by atoms with Crippen molar-refractivity contribution in [3.8, 4) is 0 Å². The van der Waals surface area contributed by atoms with Crippen molar-refractivity contribution in [3.05, 3.63) is 0 Å². The number of carbonyl (C=O) groups is 2. The van der Waals surface area contributed by atoms with E-state index in [1.54, 1.807) is 4.90 Å². The van der Waals surface area contributed by atoms with E-state index in [9.17, 15) is 9.59 Å². The molecule has 0 bridgehead atoms. The summed E-state index contributed by atoms with van der Waals surface area (Å²) in [5, 5.41) is 9.10. The van der Waals surface area contributed by atoms with Gasteiger partial charge in [0.05, 0.1) is 0 Å². The molecule has 3 aliphatic rings. The molecule has 5 heteroatoms. The van der Waals surface area contributed by atoms with Gasteiger partial charge in [-0.05, 0) is 25.7 Å². The maximum Gasteiger partial charge on any atom is 0.319 e. The van der Waals surface area contributed by atoms with E-state index in [-0.39, 0.29) is 5.91 Å². The van der Waals surface area contributed by atoms with Crippen molar-refractivity contribution >= 4 is 11.9 Å². The third-order valence-corrected chi connectivity index (χ3v) is 4.23. The number of aliphatic carboxylic acids is 1. The highest BCUT2D eigenvalue weighted by Crippen LogP contribution is 2.47. The molecule has 1 saturated heterocycles. The monoisotopic (exact) mass is 238 g/mol. The molecule has 2 aliphatic carbocycles. The van der Waals surface area contributed by atoms with Crippen LogP contribution in [0.1, 0.15) is 25.7 Å². The van der Waals surface area contributed by atoms with E-state index in [0.29, 0.717) is 25.9 Å². The Labute approximate surface area is 100 Å². The van der Waals surface area contributed by atoms with Gasteiger partial charge >= 0.3 is 5.97 Å². The maximum absolute atomic E-state index is 12.1. The molecule has 17 heavy (non-hydrogen) atoms. The molecule has 3 fully saturated rings. The topological polar surface area (TPSA) is 60.9 Å². The number of carbonyl (C=O) groups excluding carboxylic acids is 1. The second kappa shape index (κ2) is 3.70. The normalized spacial score (nSPS) is 27.9. The first kappa shape index (κ1) is 11.0. The first-order chi connectivity index (χ1) is 8.13. The van der Waals surface area contributed by atoms with Gasteiger partial charge in [-0.3, -0.25) is 14.5 Å². The number of amides is 1. The minimum atomic E-state index is -1.05. The fraction of sp³-hybridized carbons (Fsp3) is 0.833. The summed E-state index contributed by atoms with van der Waals surface area (Å²) in [5.41, 5.74) is -1.05. The van der Waals surface area contributed by atoms with Crippen LogP contribution < -0.4 is 0 Å². The minimum absolute atomic E-state index is 0.152. The van der Waals surface area contributed by atoms with Crippen molar-refractivity contribution in [2.45, 2.75) is 31.7 Å². The van der Waals surface area contributed by atoms with Gasteiger partial charge in [0.2, 0.25) is 5.91 Å². The number of piperazine rings is 1. The summed E-state index contributed by atoms with van der Waals surface area (Å²) in [6.45, 7) is 3.22. The Morgan fingerprint density at radius 3 is 2.06 bits per heavy atom.